The first-order valence-corrected chi connectivity index (χ1v) is 9.86. The molecule has 20 heavy (non-hydrogen) atoms. The van der Waals surface area contributed by atoms with Gasteiger partial charge in [0.1, 0.15) is 0 Å². The van der Waals surface area contributed by atoms with E-state index in [1.54, 1.807) is 12.1 Å². The lowest BCUT2D eigenvalue weighted by Gasteiger charge is -2.34. The molecule has 0 saturated carbocycles. The third-order valence-electron chi connectivity index (χ3n) is 3.10. The van der Waals surface area contributed by atoms with Gasteiger partial charge in [0.25, 0.3) is 10.1 Å². The fourth-order valence-corrected chi connectivity index (χ4v) is 3.61. The van der Waals surface area contributed by atoms with Crippen LogP contribution in [0.5, 0.6) is 0 Å². The van der Waals surface area contributed by atoms with Gasteiger partial charge in [0, 0.05) is 6.84 Å². The molecule has 1 N–H and O–H groups in total. The lowest BCUT2D eigenvalue weighted by molar-refractivity contribution is 0.480. The van der Waals surface area contributed by atoms with Crippen LogP contribution >= 0.6 is 45.2 Å². The Kier molecular flexibility index (Phi) is 5.94. The van der Waals surface area contributed by atoms with Gasteiger partial charge in [-0.3, -0.25) is 4.55 Å². The maximum atomic E-state index is 11.1. The van der Waals surface area contributed by atoms with Crippen molar-refractivity contribution in [3.8, 4) is 0 Å². The van der Waals surface area contributed by atoms with Gasteiger partial charge in [0.05, 0.1) is 4.90 Å². The molecule has 0 radical (unpaired) electrons. The lowest BCUT2D eigenvalue weighted by atomic mass is 9.82. The van der Waals surface area contributed by atoms with Gasteiger partial charge in [-0.1, -0.05) is 85.0 Å². The number of benzene rings is 1. The standard InChI is InChI=1S/C14H20I2O3S/c1-13(2,15)9-12(14(3,4)16)10-5-7-11(8-6-10)20(17,18)19/h5-8,12H,9H2,1-4H3,(H,17,18,19). The van der Waals surface area contributed by atoms with Crippen molar-refractivity contribution in [3.63, 3.8) is 0 Å². The van der Waals surface area contributed by atoms with Crippen molar-refractivity contribution >= 4 is 55.3 Å². The van der Waals surface area contributed by atoms with Gasteiger partial charge < -0.3 is 0 Å². The molecule has 3 nitrogen and oxygen atoms in total. The second-order valence-electron chi connectivity index (χ2n) is 6.08. The predicted octanol–water partition coefficient (Wildman–Crippen LogP) is 4.83. The fourth-order valence-electron chi connectivity index (χ4n) is 2.11. The Balaban J connectivity index is 3.16. The van der Waals surface area contributed by atoms with Crippen molar-refractivity contribution in [2.75, 3.05) is 0 Å². The Morgan fingerprint density at radius 3 is 1.85 bits per heavy atom. The summed E-state index contributed by atoms with van der Waals surface area (Å²) in [4.78, 5) is -0.0556. The molecule has 0 bridgehead atoms. The second kappa shape index (κ2) is 6.37. The molecule has 1 unspecified atom stereocenters. The van der Waals surface area contributed by atoms with E-state index in [0.717, 1.165) is 12.0 Å². The fraction of sp³-hybridized carbons (Fsp3) is 0.571. The summed E-state index contributed by atoms with van der Waals surface area (Å²) >= 11 is 4.87. The molecule has 6 heteroatoms. The molecule has 0 heterocycles. The third kappa shape index (κ3) is 5.76. The van der Waals surface area contributed by atoms with E-state index in [2.05, 4.69) is 72.9 Å². The molecule has 114 valence electrons. The van der Waals surface area contributed by atoms with E-state index in [4.69, 9.17) is 4.55 Å². The first-order chi connectivity index (χ1) is 8.81. The van der Waals surface area contributed by atoms with Gasteiger partial charge in [-0.05, 0) is 30.0 Å². The minimum atomic E-state index is -4.12. The Labute approximate surface area is 149 Å². The minimum Gasteiger partial charge on any atom is -0.282 e. The SMILES string of the molecule is CC(C)(I)CC(c1ccc(S(=O)(=O)O)cc1)C(C)(C)I. The van der Waals surface area contributed by atoms with Crippen molar-refractivity contribution in [2.45, 2.75) is 51.8 Å². The van der Waals surface area contributed by atoms with Crippen molar-refractivity contribution < 1.29 is 13.0 Å². The smallest absolute Gasteiger partial charge is 0.282 e. The van der Waals surface area contributed by atoms with Crippen LogP contribution in [0.1, 0.15) is 45.6 Å². The first-order valence-electron chi connectivity index (χ1n) is 6.26. The van der Waals surface area contributed by atoms with Gasteiger partial charge in [0.2, 0.25) is 0 Å². The number of hydrogen-bond donors (Lipinski definition) is 1. The third-order valence-corrected chi connectivity index (χ3v) is 5.16. The number of alkyl halides is 2. The second-order valence-corrected chi connectivity index (χ2v) is 13.2. The molecular formula is C14H20I2O3S. The van der Waals surface area contributed by atoms with Gasteiger partial charge in [-0.15, -0.1) is 0 Å². The largest absolute Gasteiger partial charge is 0.294 e. The topological polar surface area (TPSA) is 54.4 Å². The van der Waals surface area contributed by atoms with Crippen LogP contribution < -0.4 is 0 Å². The van der Waals surface area contributed by atoms with Crippen molar-refractivity contribution in [2.24, 2.45) is 0 Å². The van der Waals surface area contributed by atoms with Gasteiger partial charge in [0.15, 0.2) is 0 Å². The number of hydrogen-bond acceptors (Lipinski definition) is 2. The van der Waals surface area contributed by atoms with Gasteiger partial charge in [-0.2, -0.15) is 8.42 Å². The van der Waals surface area contributed by atoms with E-state index in [1.807, 2.05) is 0 Å². The molecule has 0 aliphatic carbocycles. The van der Waals surface area contributed by atoms with E-state index in [-0.39, 0.29) is 11.7 Å². The summed E-state index contributed by atoms with van der Waals surface area (Å²) in [6, 6.07) is 6.55. The van der Waals surface area contributed by atoms with Crippen molar-refractivity contribution in [1.29, 1.82) is 0 Å². The Bertz CT molecular complexity index is 552. The zero-order chi connectivity index (χ0) is 15.8. The summed E-state index contributed by atoms with van der Waals surface area (Å²) in [5.74, 6) is 0.311. The lowest BCUT2D eigenvalue weighted by Crippen LogP contribution is -2.27. The predicted molar refractivity (Wildman–Crippen MR) is 99.8 cm³/mol. The zero-order valence-electron chi connectivity index (χ0n) is 12.0. The van der Waals surface area contributed by atoms with Crippen LogP contribution in [0, 0.1) is 0 Å². The van der Waals surface area contributed by atoms with Gasteiger partial charge in [-0.25, -0.2) is 0 Å². The number of rotatable bonds is 5. The summed E-state index contributed by atoms with van der Waals surface area (Å²) in [7, 11) is -4.12. The van der Waals surface area contributed by atoms with E-state index >= 15 is 0 Å². The molecular weight excluding hydrogens is 502 g/mol. The molecule has 0 saturated heterocycles. The van der Waals surface area contributed by atoms with E-state index in [0.29, 0.717) is 5.92 Å². The van der Waals surface area contributed by atoms with Crippen LogP contribution in [0.3, 0.4) is 0 Å². The van der Waals surface area contributed by atoms with Crippen LogP contribution in [-0.2, 0) is 10.1 Å². The molecule has 1 rings (SSSR count). The molecule has 0 aliphatic rings. The van der Waals surface area contributed by atoms with Crippen LogP contribution in [0.25, 0.3) is 0 Å². The summed E-state index contributed by atoms with van der Waals surface area (Å²) in [5, 5.41) is 0. The monoisotopic (exact) mass is 522 g/mol. The Morgan fingerprint density at radius 1 is 1.10 bits per heavy atom. The maximum Gasteiger partial charge on any atom is 0.294 e. The van der Waals surface area contributed by atoms with Crippen molar-refractivity contribution in [3.05, 3.63) is 29.8 Å². The quantitative estimate of drug-likeness (QED) is 0.343. The summed E-state index contributed by atoms with van der Waals surface area (Å²) < 4.78 is 31.4. The Morgan fingerprint density at radius 2 is 1.55 bits per heavy atom. The van der Waals surface area contributed by atoms with Crippen molar-refractivity contribution in [1.82, 2.24) is 0 Å². The highest BCUT2D eigenvalue weighted by molar-refractivity contribution is 14.1. The normalized spacial score (nSPS) is 15.2. The summed E-state index contributed by atoms with van der Waals surface area (Å²) in [6.45, 7) is 8.74. The highest BCUT2D eigenvalue weighted by atomic mass is 127. The van der Waals surface area contributed by atoms with E-state index in [1.165, 1.54) is 12.1 Å². The molecule has 1 aromatic rings. The minimum absolute atomic E-state index is 0.0554. The Hall–Kier alpha value is 0.590. The average molecular weight is 522 g/mol. The maximum absolute atomic E-state index is 11.1. The molecule has 0 aliphatic heterocycles. The highest BCUT2D eigenvalue weighted by Gasteiger charge is 2.32. The zero-order valence-corrected chi connectivity index (χ0v) is 17.2. The summed E-state index contributed by atoms with van der Waals surface area (Å²) in [5.41, 5.74) is 1.10. The number of halogens is 2. The average Bonchev–Trinajstić information content (AvgIpc) is 2.22. The van der Waals surface area contributed by atoms with Crippen LogP contribution in [-0.4, -0.2) is 19.8 Å². The van der Waals surface area contributed by atoms with Gasteiger partial charge >= 0.3 is 0 Å². The van der Waals surface area contributed by atoms with Crippen LogP contribution in [0.2, 0.25) is 0 Å². The van der Waals surface area contributed by atoms with Crippen LogP contribution in [0.4, 0.5) is 0 Å². The molecule has 1 atom stereocenters. The highest BCUT2D eigenvalue weighted by Crippen LogP contribution is 2.43. The van der Waals surface area contributed by atoms with Crippen LogP contribution in [0.15, 0.2) is 29.2 Å². The molecule has 0 spiro atoms. The molecule has 0 fully saturated rings. The molecule has 1 aromatic carbocycles. The molecule has 0 aromatic heterocycles. The first kappa shape index (κ1) is 18.6. The van der Waals surface area contributed by atoms with E-state index in [9.17, 15) is 8.42 Å². The molecule has 0 amide bonds. The van der Waals surface area contributed by atoms with E-state index < -0.39 is 10.1 Å². The summed E-state index contributed by atoms with van der Waals surface area (Å²) in [6.07, 6.45) is 0.995.